The Morgan fingerprint density at radius 3 is 2.17 bits per heavy atom. The van der Waals surface area contributed by atoms with Gasteiger partial charge in [-0.15, -0.1) is 0 Å². The molecular formula is C15H25N3. The van der Waals surface area contributed by atoms with Gasteiger partial charge in [0.25, 0.3) is 0 Å². The van der Waals surface area contributed by atoms with Crippen LogP contribution in [0, 0.1) is 5.92 Å². The molecule has 0 amide bonds. The van der Waals surface area contributed by atoms with E-state index in [0.29, 0.717) is 6.54 Å². The molecule has 1 aromatic carbocycles. The number of rotatable bonds is 4. The molecule has 0 aliphatic carbocycles. The first-order valence-electron chi connectivity index (χ1n) is 6.95. The van der Waals surface area contributed by atoms with Crippen LogP contribution < -0.4 is 10.6 Å². The Kier molecular flexibility index (Phi) is 4.61. The maximum atomic E-state index is 5.62. The lowest BCUT2D eigenvalue weighted by molar-refractivity contribution is 0.231. The highest BCUT2D eigenvalue weighted by Gasteiger charge is 2.17. The Bertz CT molecular complexity index is 351. The Morgan fingerprint density at radius 1 is 1.06 bits per heavy atom. The van der Waals surface area contributed by atoms with Crippen molar-refractivity contribution in [3.63, 3.8) is 0 Å². The normalized spacial score (nSPS) is 17.4. The Balaban J connectivity index is 1.88. The lowest BCUT2D eigenvalue weighted by Crippen LogP contribution is -2.47. The topological polar surface area (TPSA) is 32.5 Å². The van der Waals surface area contributed by atoms with Gasteiger partial charge in [0, 0.05) is 45.0 Å². The molecule has 1 heterocycles. The number of anilines is 1. The van der Waals surface area contributed by atoms with Crippen LogP contribution in [0.4, 0.5) is 5.69 Å². The van der Waals surface area contributed by atoms with Crippen LogP contribution in [0.15, 0.2) is 24.3 Å². The highest BCUT2D eigenvalue weighted by atomic mass is 15.3. The molecule has 1 aliphatic heterocycles. The van der Waals surface area contributed by atoms with Crippen molar-refractivity contribution in [1.82, 2.24) is 4.90 Å². The molecule has 0 unspecified atom stereocenters. The summed E-state index contributed by atoms with van der Waals surface area (Å²) in [6, 6.07) is 8.66. The molecule has 1 saturated heterocycles. The van der Waals surface area contributed by atoms with E-state index >= 15 is 0 Å². The molecule has 0 spiro atoms. The summed E-state index contributed by atoms with van der Waals surface area (Å²) < 4.78 is 0. The zero-order valence-electron chi connectivity index (χ0n) is 11.6. The molecule has 0 atom stereocenters. The highest BCUT2D eigenvalue weighted by Crippen LogP contribution is 2.17. The zero-order chi connectivity index (χ0) is 13.0. The second-order valence-corrected chi connectivity index (χ2v) is 5.55. The highest BCUT2D eigenvalue weighted by molar-refractivity contribution is 5.48. The fraction of sp³-hybridized carbons (Fsp3) is 0.600. The van der Waals surface area contributed by atoms with Gasteiger partial charge in [0.1, 0.15) is 0 Å². The predicted molar refractivity (Wildman–Crippen MR) is 77.8 cm³/mol. The fourth-order valence-electron chi connectivity index (χ4n) is 2.55. The third kappa shape index (κ3) is 3.47. The van der Waals surface area contributed by atoms with Crippen LogP contribution in [0.2, 0.25) is 0 Å². The molecular weight excluding hydrogens is 222 g/mol. The zero-order valence-corrected chi connectivity index (χ0v) is 11.6. The summed E-state index contributed by atoms with van der Waals surface area (Å²) in [4.78, 5) is 5.03. The van der Waals surface area contributed by atoms with Crippen LogP contribution in [0.3, 0.4) is 0 Å². The number of nitrogens with two attached hydrogens (primary N) is 1. The van der Waals surface area contributed by atoms with Crippen LogP contribution in [-0.4, -0.2) is 37.6 Å². The van der Waals surface area contributed by atoms with Crippen LogP contribution >= 0.6 is 0 Å². The third-order valence-corrected chi connectivity index (χ3v) is 3.53. The van der Waals surface area contributed by atoms with E-state index in [0.717, 1.165) is 19.0 Å². The second kappa shape index (κ2) is 6.21. The van der Waals surface area contributed by atoms with E-state index in [2.05, 4.69) is 47.9 Å². The van der Waals surface area contributed by atoms with Gasteiger partial charge in [0.05, 0.1) is 0 Å². The third-order valence-electron chi connectivity index (χ3n) is 3.53. The van der Waals surface area contributed by atoms with Gasteiger partial charge in [-0.3, -0.25) is 4.90 Å². The minimum absolute atomic E-state index is 0.627. The summed E-state index contributed by atoms with van der Waals surface area (Å²) in [6.45, 7) is 11.1. The average molecular weight is 247 g/mol. The minimum atomic E-state index is 0.627. The van der Waals surface area contributed by atoms with Crippen molar-refractivity contribution < 1.29 is 0 Å². The van der Waals surface area contributed by atoms with Gasteiger partial charge in [-0.2, -0.15) is 0 Å². The van der Waals surface area contributed by atoms with Crippen molar-refractivity contribution in [3.05, 3.63) is 29.8 Å². The average Bonchev–Trinajstić information content (AvgIpc) is 2.39. The first-order chi connectivity index (χ1) is 8.69. The van der Waals surface area contributed by atoms with E-state index in [9.17, 15) is 0 Å². The molecule has 2 rings (SSSR count). The van der Waals surface area contributed by atoms with Gasteiger partial charge < -0.3 is 10.6 Å². The molecule has 3 nitrogen and oxygen atoms in total. The summed E-state index contributed by atoms with van der Waals surface area (Å²) in [5, 5.41) is 0. The largest absolute Gasteiger partial charge is 0.369 e. The Hall–Kier alpha value is -1.06. The SMILES string of the molecule is CC(C)CN1CCN(c2ccc(CN)cc2)CC1. The van der Waals surface area contributed by atoms with Gasteiger partial charge in [-0.25, -0.2) is 0 Å². The maximum Gasteiger partial charge on any atom is 0.0367 e. The predicted octanol–water partition coefficient (Wildman–Crippen LogP) is 1.92. The number of benzene rings is 1. The molecule has 0 saturated carbocycles. The molecule has 18 heavy (non-hydrogen) atoms. The monoisotopic (exact) mass is 247 g/mol. The molecule has 2 N–H and O–H groups in total. The Labute approximate surface area is 111 Å². The number of piperazine rings is 1. The van der Waals surface area contributed by atoms with E-state index in [1.54, 1.807) is 0 Å². The van der Waals surface area contributed by atoms with E-state index in [-0.39, 0.29) is 0 Å². The first-order valence-corrected chi connectivity index (χ1v) is 6.95. The summed E-state index contributed by atoms with van der Waals surface area (Å²) in [7, 11) is 0. The molecule has 0 bridgehead atoms. The van der Waals surface area contributed by atoms with Gasteiger partial charge in [-0.05, 0) is 23.6 Å². The van der Waals surface area contributed by atoms with Crippen LogP contribution in [0.25, 0.3) is 0 Å². The standard InChI is InChI=1S/C15H25N3/c1-13(2)12-17-7-9-18(10-8-17)15-5-3-14(11-16)4-6-15/h3-6,13H,7-12,16H2,1-2H3. The van der Waals surface area contributed by atoms with E-state index in [1.807, 2.05) is 0 Å². The molecule has 0 radical (unpaired) electrons. The van der Waals surface area contributed by atoms with Crippen molar-refractivity contribution in [1.29, 1.82) is 0 Å². The van der Waals surface area contributed by atoms with Crippen LogP contribution in [0.5, 0.6) is 0 Å². The molecule has 1 fully saturated rings. The van der Waals surface area contributed by atoms with Crippen LogP contribution in [-0.2, 0) is 6.54 Å². The molecule has 3 heteroatoms. The van der Waals surface area contributed by atoms with Gasteiger partial charge in [0.15, 0.2) is 0 Å². The van der Waals surface area contributed by atoms with E-state index in [4.69, 9.17) is 5.73 Å². The molecule has 100 valence electrons. The number of nitrogens with zero attached hydrogens (tertiary/aromatic N) is 2. The Morgan fingerprint density at radius 2 is 1.67 bits per heavy atom. The van der Waals surface area contributed by atoms with E-state index in [1.165, 1.54) is 30.9 Å². The second-order valence-electron chi connectivity index (χ2n) is 5.55. The smallest absolute Gasteiger partial charge is 0.0367 e. The maximum absolute atomic E-state index is 5.62. The fourth-order valence-corrected chi connectivity index (χ4v) is 2.55. The summed E-state index contributed by atoms with van der Waals surface area (Å²) in [5.74, 6) is 0.764. The van der Waals surface area contributed by atoms with Gasteiger partial charge in [-0.1, -0.05) is 26.0 Å². The van der Waals surface area contributed by atoms with Gasteiger partial charge in [0.2, 0.25) is 0 Å². The first kappa shape index (κ1) is 13.4. The van der Waals surface area contributed by atoms with Crippen molar-refractivity contribution in [2.75, 3.05) is 37.6 Å². The summed E-state index contributed by atoms with van der Waals surface area (Å²) in [5.41, 5.74) is 8.16. The van der Waals surface area contributed by atoms with Gasteiger partial charge >= 0.3 is 0 Å². The minimum Gasteiger partial charge on any atom is -0.369 e. The quantitative estimate of drug-likeness (QED) is 0.882. The van der Waals surface area contributed by atoms with Crippen molar-refractivity contribution >= 4 is 5.69 Å². The summed E-state index contributed by atoms with van der Waals surface area (Å²) >= 11 is 0. The number of hydrogen-bond acceptors (Lipinski definition) is 3. The van der Waals surface area contributed by atoms with Crippen molar-refractivity contribution in [3.8, 4) is 0 Å². The summed E-state index contributed by atoms with van der Waals surface area (Å²) in [6.07, 6.45) is 0. The number of hydrogen-bond donors (Lipinski definition) is 1. The molecule has 0 aromatic heterocycles. The lowest BCUT2D eigenvalue weighted by atomic mass is 10.1. The molecule has 1 aromatic rings. The lowest BCUT2D eigenvalue weighted by Gasteiger charge is -2.36. The van der Waals surface area contributed by atoms with Crippen molar-refractivity contribution in [2.24, 2.45) is 11.7 Å². The van der Waals surface area contributed by atoms with Crippen LogP contribution in [0.1, 0.15) is 19.4 Å². The molecule has 1 aliphatic rings. The van der Waals surface area contributed by atoms with Crippen molar-refractivity contribution in [2.45, 2.75) is 20.4 Å². The van der Waals surface area contributed by atoms with E-state index < -0.39 is 0 Å².